The number of hydrogen-bond acceptors (Lipinski definition) is 2. The molecule has 0 saturated heterocycles. The first-order valence-corrected chi connectivity index (χ1v) is 6.72. The summed E-state index contributed by atoms with van der Waals surface area (Å²) in [6.07, 6.45) is 9.19. The molecular weight excluding hydrogens is 200 g/mol. The lowest BCUT2D eigenvalue weighted by molar-refractivity contribution is -0.122. The van der Waals surface area contributed by atoms with Crippen molar-refractivity contribution in [2.24, 2.45) is 5.92 Å². The average Bonchev–Trinajstić information content (AvgIpc) is 3.11. The van der Waals surface area contributed by atoms with Crippen molar-refractivity contribution < 1.29 is 4.79 Å². The molecule has 3 nitrogen and oxygen atoms in total. The van der Waals surface area contributed by atoms with Crippen LogP contribution in [-0.4, -0.2) is 37.0 Å². The number of amides is 1. The van der Waals surface area contributed by atoms with E-state index in [0.717, 1.165) is 12.5 Å². The van der Waals surface area contributed by atoms with E-state index in [9.17, 15) is 4.79 Å². The molecule has 2 fully saturated rings. The van der Waals surface area contributed by atoms with Crippen LogP contribution >= 0.6 is 0 Å². The van der Waals surface area contributed by atoms with Crippen molar-refractivity contribution in [3.05, 3.63) is 0 Å². The third-order valence-electron chi connectivity index (χ3n) is 3.88. The first-order chi connectivity index (χ1) is 7.75. The molecule has 0 aliphatic heterocycles. The molecule has 1 amide bonds. The van der Waals surface area contributed by atoms with Crippen molar-refractivity contribution in [2.75, 3.05) is 20.1 Å². The molecule has 0 bridgehead atoms. The van der Waals surface area contributed by atoms with Crippen LogP contribution in [0.2, 0.25) is 0 Å². The molecule has 0 aromatic rings. The Morgan fingerprint density at radius 3 is 2.50 bits per heavy atom. The van der Waals surface area contributed by atoms with Gasteiger partial charge in [0.25, 0.3) is 0 Å². The maximum absolute atomic E-state index is 11.7. The smallest absolute Gasteiger partial charge is 0.234 e. The van der Waals surface area contributed by atoms with Gasteiger partial charge >= 0.3 is 0 Å². The van der Waals surface area contributed by atoms with E-state index in [4.69, 9.17) is 0 Å². The molecule has 2 saturated carbocycles. The number of carbonyl (C=O) groups excluding carboxylic acids is 1. The normalized spacial score (nSPS) is 22.4. The van der Waals surface area contributed by atoms with E-state index in [1.165, 1.54) is 44.9 Å². The molecule has 0 heterocycles. The van der Waals surface area contributed by atoms with Crippen LogP contribution in [0.3, 0.4) is 0 Å². The van der Waals surface area contributed by atoms with Crippen molar-refractivity contribution in [3.63, 3.8) is 0 Å². The van der Waals surface area contributed by atoms with Gasteiger partial charge in [0, 0.05) is 12.6 Å². The van der Waals surface area contributed by atoms with Crippen molar-refractivity contribution in [2.45, 2.75) is 51.0 Å². The molecule has 92 valence electrons. The molecule has 0 aromatic heterocycles. The number of nitrogens with one attached hydrogen (secondary N) is 1. The molecule has 0 unspecified atom stereocenters. The van der Waals surface area contributed by atoms with Crippen LogP contribution in [0, 0.1) is 5.92 Å². The van der Waals surface area contributed by atoms with Gasteiger partial charge in [-0.3, -0.25) is 9.69 Å². The topological polar surface area (TPSA) is 32.3 Å². The zero-order valence-corrected chi connectivity index (χ0v) is 10.4. The second kappa shape index (κ2) is 5.67. The Bertz CT molecular complexity index is 232. The number of carbonyl (C=O) groups is 1. The van der Waals surface area contributed by atoms with E-state index in [1.807, 2.05) is 0 Å². The summed E-state index contributed by atoms with van der Waals surface area (Å²) >= 11 is 0. The second-order valence-corrected chi connectivity index (χ2v) is 5.45. The number of rotatable bonds is 5. The fraction of sp³-hybridized carbons (Fsp3) is 0.923. The first-order valence-electron chi connectivity index (χ1n) is 6.72. The van der Waals surface area contributed by atoms with Crippen LogP contribution in [-0.2, 0) is 4.79 Å². The predicted octanol–water partition coefficient (Wildman–Crippen LogP) is 1.78. The zero-order chi connectivity index (χ0) is 11.4. The Morgan fingerprint density at radius 2 is 1.88 bits per heavy atom. The lowest BCUT2D eigenvalue weighted by atomic mass is 9.94. The van der Waals surface area contributed by atoms with Gasteiger partial charge in [0.05, 0.1) is 6.54 Å². The van der Waals surface area contributed by atoms with Crippen LogP contribution in [0.15, 0.2) is 0 Å². The van der Waals surface area contributed by atoms with E-state index < -0.39 is 0 Å². The van der Waals surface area contributed by atoms with Crippen molar-refractivity contribution in [1.82, 2.24) is 10.2 Å². The van der Waals surface area contributed by atoms with Crippen molar-refractivity contribution >= 4 is 5.91 Å². The van der Waals surface area contributed by atoms with Crippen LogP contribution < -0.4 is 5.32 Å². The Kier molecular flexibility index (Phi) is 4.22. The maximum atomic E-state index is 11.7. The van der Waals surface area contributed by atoms with E-state index >= 15 is 0 Å². The van der Waals surface area contributed by atoms with E-state index in [1.54, 1.807) is 0 Å². The van der Waals surface area contributed by atoms with Gasteiger partial charge in [-0.15, -0.1) is 0 Å². The largest absolute Gasteiger partial charge is 0.355 e. The highest BCUT2D eigenvalue weighted by molar-refractivity contribution is 5.78. The number of likely N-dealkylation sites (N-methyl/N-ethyl adjacent to an activating group) is 1. The van der Waals surface area contributed by atoms with Crippen LogP contribution in [0.25, 0.3) is 0 Å². The summed E-state index contributed by atoms with van der Waals surface area (Å²) in [5.74, 6) is 0.990. The fourth-order valence-electron chi connectivity index (χ4n) is 2.51. The molecule has 2 aliphatic rings. The summed E-state index contributed by atoms with van der Waals surface area (Å²) in [5.41, 5.74) is 0. The van der Waals surface area contributed by atoms with Crippen molar-refractivity contribution in [1.29, 1.82) is 0 Å². The lowest BCUT2D eigenvalue weighted by Crippen LogP contribution is -2.41. The summed E-state index contributed by atoms with van der Waals surface area (Å²) in [4.78, 5) is 13.9. The van der Waals surface area contributed by atoms with Crippen LogP contribution in [0.5, 0.6) is 0 Å². The quantitative estimate of drug-likeness (QED) is 0.772. The fourth-order valence-corrected chi connectivity index (χ4v) is 2.51. The molecule has 1 N–H and O–H groups in total. The van der Waals surface area contributed by atoms with E-state index in [2.05, 4.69) is 17.3 Å². The summed E-state index contributed by atoms with van der Waals surface area (Å²) in [6, 6.07) is 0.639. The highest BCUT2D eigenvalue weighted by Crippen LogP contribution is 2.27. The van der Waals surface area contributed by atoms with E-state index in [0.29, 0.717) is 12.6 Å². The Hall–Kier alpha value is -0.570. The highest BCUT2D eigenvalue weighted by atomic mass is 16.2. The SMILES string of the molecule is CN(CC(=O)NCC1CC1)C1CCCCC1. The monoisotopic (exact) mass is 224 g/mol. The molecule has 16 heavy (non-hydrogen) atoms. The highest BCUT2D eigenvalue weighted by Gasteiger charge is 2.23. The zero-order valence-electron chi connectivity index (χ0n) is 10.4. The number of nitrogens with zero attached hydrogens (tertiary/aromatic N) is 1. The lowest BCUT2D eigenvalue weighted by Gasteiger charge is -2.30. The van der Waals surface area contributed by atoms with Gasteiger partial charge in [-0.2, -0.15) is 0 Å². The van der Waals surface area contributed by atoms with Crippen molar-refractivity contribution in [3.8, 4) is 0 Å². The molecule has 2 rings (SSSR count). The summed E-state index contributed by atoms with van der Waals surface area (Å²) in [5, 5.41) is 3.03. The average molecular weight is 224 g/mol. The Morgan fingerprint density at radius 1 is 1.19 bits per heavy atom. The third kappa shape index (κ3) is 3.78. The third-order valence-corrected chi connectivity index (χ3v) is 3.88. The van der Waals surface area contributed by atoms with Crippen LogP contribution in [0.1, 0.15) is 44.9 Å². The minimum Gasteiger partial charge on any atom is -0.355 e. The van der Waals surface area contributed by atoms with Gasteiger partial charge in [0.2, 0.25) is 5.91 Å². The first kappa shape index (κ1) is 11.9. The molecule has 0 radical (unpaired) electrons. The molecule has 0 aromatic carbocycles. The van der Waals surface area contributed by atoms with Gasteiger partial charge in [-0.25, -0.2) is 0 Å². The molecule has 0 atom stereocenters. The van der Waals surface area contributed by atoms with Gasteiger partial charge < -0.3 is 5.32 Å². The minimum absolute atomic E-state index is 0.208. The summed E-state index contributed by atoms with van der Waals surface area (Å²) in [7, 11) is 2.09. The maximum Gasteiger partial charge on any atom is 0.234 e. The van der Waals surface area contributed by atoms with Gasteiger partial charge in [0.1, 0.15) is 0 Å². The molecule has 2 aliphatic carbocycles. The standard InChI is InChI=1S/C13H24N2O/c1-15(12-5-3-2-4-6-12)10-13(16)14-9-11-7-8-11/h11-12H,2-10H2,1H3,(H,14,16). The van der Waals surface area contributed by atoms with Gasteiger partial charge in [-0.05, 0) is 38.6 Å². The summed E-state index contributed by atoms with van der Waals surface area (Å²) < 4.78 is 0. The van der Waals surface area contributed by atoms with Gasteiger partial charge in [-0.1, -0.05) is 19.3 Å². The minimum atomic E-state index is 0.208. The Balaban J connectivity index is 1.63. The molecule has 3 heteroatoms. The van der Waals surface area contributed by atoms with Crippen LogP contribution in [0.4, 0.5) is 0 Å². The second-order valence-electron chi connectivity index (χ2n) is 5.45. The Labute approximate surface area is 98.6 Å². The van der Waals surface area contributed by atoms with Gasteiger partial charge in [0.15, 0.2) is 0 Å². The van der Waals surface area contributed by atoms with E-state index in [-0.39, 0.29) is 5.91 Å². The summed E-state index contributed by atoms with van der Waals surface area (Å²) in [6.45, 7) is 1.48. The predicted molar refractivity (Wildman–Crippen MR) is 65.2 cm³/mol. The number of hydrogen-bond donors (Lipinski definition) is 1. The molecule has 0 spiro atoms. The molecular formula is C13H24N2O.